The molecular weight excluding hydrogens is 409 g/mol. The van der Waals surface area contributed by atoms with Gasteiger partial charge < -0.3 is 9.84 Å². The van der Waals surface area contributed by atoms with Crippen molar-refractivity contribution in [2.24, 2.45) is 11.8 Å². The number of amides is 1. The zero-order valence-electron chi connectivity index (χ0n) is 18.2. The first-order chi connectivity index (χ1) is 15.5. The zero-order chi connectivity index (χ0) is 22.1. The second-order valence-corrected chi connectivity index (χ2v) is 9.50. The van der Waals surface area contributed by atoms with Gasteiger partial charge in [0.2, 0.25) is 5.91 Å². The lowest BCUT2D eigenvalue weighted by atomic mass is 9.78. The van der Waals surface area contributed by atoms with E-state index >= 15 is 0 Å². The summed E-state index contributed by atoms with van der Waals surface area (Å²) in [5, 5.41) is 11.9. The third-order valence-corrected chi connectivity index (χ3v) is 7.27. The number of halogens is 1. The fraction of sp³-hybridized carbons (Fsp3) is 0.500. The van der Waals surface area contributed by atoms with Crippen molar-refractivity contribution in [3.05, 3.63) is 71.0 Å². The van der Waals surface area contributed by atoms with E-state index in [1.807, 2.05) is 12.1 Å². The number of rotatable bonds is 5. The topological polar surface area (TPSA) is 59.0 Å². The van der Waals surface area contributed by atoms with Crippen molar-refractivity contribution in [3.8, 4) is 0 Å². The van der Waals surface area contributed by atoms with Crippen molar-refractivity contribution < 1.29 is 23.9 Å². The Labute approximate surface area is 188 Å². The van der Waals surface area contributed by atoms with Crippen LogP contribution in [-0.4, -0.2) is 35.9 Å². The van der Waals surface area contributed by atoms with Crippen molar-refractivity contribution >= 4 is 5.91 Å². The minimum Gasteiger partial charge on any atom is -0.380 e. The molecule has 32 heavy (non-hydrogen) atoms. The van der Waals surface area contributed by atoms with Crippen molar-refractivity contribution in [2.45, 2.75) is 50.2 Å². The quantitative estimate of drug-likeness (QED) is 0.755. The lowest BCUT2D eigenvalue weighted by molar-refractivity contribution is -0.184. The number of hydrogen-bond donors (Lipinski definition) is 1. The van der Waals surface area contributed by atoms with Crippen molar-refractivity contribution in [3.63, 3.8) is 0 Å². The molecule has 0 unspecified atom stereocenters. The molecule has 2 heterocycles. The molecule has 5 nitrogen and oxygen atoms in total. The van der Waals surface area contributed by atoms with Crippen LogP contribution in [0.3, 0.4) is 0 Å². The van der Waals surface area contributed by atoms with Crippen LogP contribution in [0, 0.1) is 17.7 Å². The molecule has 1 saturated carbocycles. The molecule has 3 fully saturated rings. The largest absolute Gasteiger partial charge is 0.380 e. The van der Waals surface area contributed by atoms with Gasteiger partial charge in [0, 0.05) is 12.3 Å². The zero-order valence-corrected chi connectivity index (χ0v) is 18.2. The lowest BCUT2D eigenvalue weighted by Crippen LogP contribution is -2.46. The predicted molar refractivity (Wildman–Crippen MR) is 117 cm³/mol. The van der Waals surface area contributed by atoms with Crippen LogP contribution >= 0.6 is 0 Å². The van der Waals surface area contributed by atoms with E-state index in [4.69, 9.17) is 9.57 Å². The maximum atomic E-state index is 13.3. The molecule has 0 aromatic heterocycles. The standard InChI is InChI=1S/C26H30FNO4/c27-23-11-7-20(8-12-23)24-13-14-32-28(24)25(29)21-5-1-18(2-6-21)15-19-3-9-22(10-4-19)26(30)16-31-17-26/h3-4,7-12,18,21,24,30H,1-2,5-6,13-17H2/t18?,21?,24-/m0/s1. The van der Waals surface area contributed by atoms with E-state index in [2.05, 4.69) is 12.1 Å². The Morgan fingerprint density at radius 3 is 2.31 bits per heavy atom. The monoisotopic (exact) mass is 439 g/mol. The molecule has 1 amide bonds. The SMILES string of the molecule is O=C(C1CCC(Cc2ccc(C3(O)COC3)cc2)CC1)N1OCC[C@H]1c1ccc(F)cc1. The first-order valence-corrected chi connectivity index (χ1v) is 11.6. The van der Waals surface area contributed by atoms with Gasteiger partial charge in [0.15, 0.2) is 0 Å². The van der Waals surface area contributed by atoms with Gasteiger partial charge in [-0.15, -0.1) is 0 Å². The van der Waals surface area contributed by atoms with Gasteiger partial charge in [-0.2, -0.15) is 0 Å². The number of carbonyl (C=O) groups excluding carboxylic acids is 1. The first-order valence-electron chi connectivity index (χ1n) is 11.6. The van der Waals surface area contributed by atoms with Crippen LogP contribution in [-0.2, 0) is 26.4 Å². The Balaban J connectivity index is 1.15. The van der Waals surface area contributed by atoms with Gasteiger partial charge in [-0.3, -0.25) is 9.63 Å². The summed E-state index contributed by atoms with van der Waals surface area (Å²) in [4.78, 5) is 18.9. The van der Waals surface area contributed by atoms with E-state index in [1.165, 1.54) is 17.7 Å². The first kappa shape index (κ1) is 21.6. The van der Waals surface area contributed by atoms with Crippen molar-refractivity contribution in [2.75, 3.05) is 19.8 Å². The van der Waals surface area contributed by atoms with Gasteiger partial charge in [-0.05, 0) is 66.8 Å². The van der Waals surface area contributed by atoms with Crippen LogP contribution in [0.5, 0.6) is 0 Å². The summed E-state index contributed by atoms with van der Waals surface area (Å²) < 4.78 is 18.4. The van der Waals surface area contributed by atoms with Crippen LogP contribution in [0.15, 0.2) is 48.5 Å². The minimum absolute atomic E-state index is 0.0115. The minimum atomic E-state index is -0.819. The van der Waals surface area contributed by atoms with E-state index in [-0.39, 0.29) is 23.7 Å². The summed E-state index contributed by atoms with van der Waals surface area (Å²) in [6.45, 7) is 1.25. The number of benzene rings is 2. The van der Waals surface area contributed by atoms with Crippen LogP contribution in [0.2, 0.25) is 0 Å². The summed E-state index contributed by atoms with van der Waals surface area (Å²) in [6.07, 6.45) is 5.51. The highest BCUT2D eigenvalue weighted by atomic mass is 19.1. The van der Waals surface area contributed by atoms with Crippen LogP contribution in [0.25, 0.3) is 0 Å². The fourth-order valence-corrected chi connectivity index (χ4v) is 5.21. The molecule has 170 valence electrons. The number of nitrogens with zero attached hydrogens (tertiary/aromatic N) is 1. The maximum Gasteiger partial charge on any atom is 0.249 e. The molecule has 0 radical (unpaired) electrons. The van der Waals surface area contributed by atoms with Gasteiger partial charge >= 0.3 is 0 Å². The van der Waals surface area contributed by atoms with E-state index in [9.17, 15) is 14.3 Å². The molecule has 0 spiro atoms. The molecule has 2 saturated heterocycles. The molecule has 2 aromatic rings. The molecule has 2 aromatic carbocycles. The number of hydrogen-bond acceptors (Lipinski definition) is 4. The number of ether oxygens (including phenoxy) is 1. The predicted octanol–water partition coefficient (Wildman–Crippen LogP) is 4.30. The molecular formula is C26H30FNO4. The van der Waals surface area contributed by atoms with Gasteiger partial charge in [-0.1, -0.05) is 36.4 Å². The Morgan fingerprint density at radius 2 is 1.69 bits per heavy atom. The molecule has 1 aliphatic carbocycles. The Morgan fingerprint density at radius 1 is 1.00 bits per heavy atom. The number of carbonyl (C=O) groups is 1. The third-order valence-electron chi connectivity index (χ3n) is 7.27. The summed E-state index contributed by atoms with van der Waals surface area (Å²) in [5.74, 6) is 0.344. The summed E-state index contributed by atoms with van der Waals surface area (Å²) >= 11 is 0. The van der Waals surface area contributed by atoms with Crippen LogP contribution < -0.4 is 0 Å². The molecule has 5 rings (SSSR count). The molecule has 0 bridgehead atoms. The lowest BCUT2D eigenvalue weighted by Gasteiger charge is -2.36. The number of aliphatic hydroxyl groups is 1. The average molecular weight is 440 g/mol. The molecule has 2 aliphatic heterocycles. The van der Waals surface area contributed by atoms with Crippen molar-refractivity contribution in [1.29, 1.82) is 0 Å². The smallest absolute Gasteiger partial charge is 0.249 e. The number of hydroxylamine groups is 2. The summed E-state index contributed by atoms with van der Waals surface area (Å²) in [5.41, 5.74) is 2.29. The van der Waals surface area contributed by atoms with Crippen LogP contribution in [0.4, 0.5) is 4.39 Å². The highest BCUT2D eigenvalue weighted by molar-refractivity contribution is 5.78. The van der Waals surface area contributed by atoms with Crippen LogP contribution in [0.1, 0.15) is 54.8 Å². The average Bonchev–Trinajstić information content (AvgIpc) is 3.28. The Kier molecular flexibility index (Phi) is 6.01. The third kappa shape index (κ3) is 4.32. The summed E-state index contributed by atoms with van der Waals surface area (Å²) in [7, 11) is 0. The highest BCUT2D eigenvalue weighted by Gasteiger charge is 2.38. The van der Waals surface area contributed by atoms with E-state index in [1.54, 1.807) is 17.2 Å². The molecule has 6 heteroatoms. The van der Waals surface area contributed by atoms with E-state index < -0.39 is 5.60 Å². The maximum absolute atomic E-state index is 13.3. The van der Waals surface area contributed by atoms with Gasteiger partial charge in [0.25, 0.3) is 0 Å². The fourth-order valence-electron chi connectivity index (χ4n) is 5.21. The van der Waals surface area contributed by atoms with E-state index in [0.29, 0.717) is 25.7 Å². The second kappa shape index (κ2) is 8.93. The molecule has 1 atom stereocenters. The van der Waals surface area contributed by atoms with Crippen molar-refractivity contribution in [1.82, 2.24) is 5.06 Å². The summed E-state index contributed by atoms with van der Waals surface area (Å²) in [6, 6.07) is 14.5. The van der Waals surface area contributed by atoms with Gasteiger partial charge in [0.05, 0.1) is 25.9 Å². The van der Waals surface area contributed by atoms with Gasteiger partial charge in [-0.25, -0.2) is 9.45 Å². The Bertz CT molecular complexity index is 933. The Hall–Kier alpha value is -2.28. The molecule has 1 N–H and O–H groups in total. The van der Waals surface area contributed by atoms with Gasteiger partial charge in [0.1, 0.15) is 11.4 Å². The molecule has 3 aliphatic rings. The second-order valence-electron chi connectivity index (χ2n) is 9.50. The van der Waals surface area contributed by atoms with E-state index in [0.717, 1.165) is 49.7 Å². The normalized spacial score (nSPS) is 27.2. The highest BCUT2D eigenvalue weighted by Crippen LogP contribution is 2.37.